The van der Waals surface area contributed by atoms with Gasteiger partial charge in [-0.3, -0.25) is 4.90 Å². The molecule has 0 bridgehead atoms. The summed E-state index contributed by atoms with van der Waals surface area (Å²) in [5.41, 5.74) is 2.11. The number of methoxy groups -OCH3 is 1. The number of ether oxygens (including phenoxy) is 1. The number of hydrogen-bond acceptors (Lipinski definition) is 3. The summed E-state index contributed by atoms with van der Waals surface area (Å²) in [6.45, 7) is 6.54. The number of benzene rings is 1. The van der Waals surface area contributed by atoms with Gasteiger partial charge in [0.15, 0.2) is 0 Å². The second-order valence-corrected chi connectivity index (χ2v) is 5.91. The lowest BCUT2D eigenvalue weighted by atomic mass is 10.0. The molecule has 0 spiro atoms. The molecule has 0 saturated carbocycles. The van der Waals surface area contributed by atoms with Crippen molar-refractivity contribution in [2.24, 2.45) is 5.92 Å². The second-order valence-electron chi connectivity index (χ2n) is 5.91. The number of likely N-dealkylation sites (tertiary alicyclic amines) is 1. The molecule has 1 aliphatic heterocycles. The summed E-state index contributed by atoms with van der Waals surface area (Å²) in [6.07, 6.45) is 2.55. The molecule has 1 atom stereocenters. The van der Waals surface area contributed by atoms with E-state index in [1.165, 1.54) is 18.4 Å². The zero-order chi connectivity index (χ0) is 15.2. The van der Waals surface area contributed by atoms with Crippen LogP contribution in [0.1, 0.15) is 37.8 Å². The Hall–Kier alpha value is -1.50. The monoisotopic (exact) mass is 287 g/mol. The van der Waals surface area contributed by atoms with Gasteiger partial charge in [-0.2, -0.15) is 0 Å². The van der Waals surface area contributed by atoms with Crippen LogP contribution in [-0.4, -0.2) is 36.3 Å². The highest BCUT2D eigenvalue weighted by Crippen LogP contribution is 2.28. The third kappa shape index (κ3) is 4.00. The Labute approximate surface area is 127 Å². The summed E-state index contributed by atoms with van der Waals surface area (Å²) in [6, 6.07) is 6.64. The Morgan fingerprint density at radius 1 is 1.43 bits per heavy atom. The van der Waals surface area contributed by atoms with Crippen LogP contribution in [-0.2, 0) is 6.54 Å². The fourth-order valence-electron chi connectivity index (χ4n) is 3.14. The summed E-state index contributed by atoms with van der Waals surface area (Å²) >= 11 is 0. The molecule has 0 radical (unpaired) electrons. The molecule has 1 saturated heterocycles. The first-order valence-electron chi connectivity index (χ1n) is 7.66. The quantitative estimate of drug-likeness (QED) is 0.864. The molecular weight excluding hydrogens is 262 g/mol. The van der Waals surface area contributed by atoms with Crippen LogP contribution >= 0.6 is 0 Å². The van der Waals surface area contributed by atoms with Gasteiger partial charge in [0.2, 0.25) is 0 Å². The molecule has 1 aliphatic rings. The maximum absolute atomic E-state index is 8.82. The van der Waals surface area contributed by atoms with Crippen molar-refractivity contribution in [2.45, 2.75) is 39.3 Å². The molecule has 0 aliphatic carbocycles. The summed E-state index contributed by atoms with van der Waals surface area (Å²) in [5, 5.41) is 8.82. The highest BCUT2D eigenvalue weighted by Gasteiger charge is 2.27. The molecule has 1 unspecified atom stereocenters. The van der Waals surface area contributed by atoms with E-state index in [2.05, 4.69) is 36.7 Å². The highest BCUT2D eigenvalue weighted by molar-refractivity contribution is 5.44. The van der Waals surface area contributed by atoms with Crippen LogP contribution in [0.2, 0.25) is 0 Å². The number of hydrogen-bond donors (Lipinski definition) is 1. The largest absolute Gasteiger partial charge is 0.496 e. The van der Waals surface area contributed by atoms with E-state index >= 15 is 0 Å². The Balaban J connectivity index is 2.21. The normalized spacial score (nSPS) is 18.6. The van der Waals surface area contributed by atoms with Gasteiger partial charge in [0, 0.05) is 23.7 Å². The fourth-order valence-corrected chi connectivity index (χ4v) is 3.14. The average Bonchev–Trinajstić information content (AvgIpc) is 2.93. The number of aliphatic hydroxyl groups excluding tert-OH is 1. The van der Waals surface area contributed by atoms with Gasteiger partial charge in [0.25, 0.3) is 0 Å². The van der Waals surface area contributed by atoms with E-state index in [4.69, 9.17) is 9.84 Å². The van der Waals surface area contributed by atoms with E-state index in [0.717, 1.165) is 24.4 Å². The minimum absolute atomic E-state index is 0.108. The molecule has 1 fully saturated rings. The number of rotatable bonds is 4. The van der Waals surface area contributed by atoms with Gasteiger partial charge >= 0.3 is 0 Å². The summed E-state index contributed by atoms with van der Waals surface area (Å²) < 4.78 is 5.49. The van der Waals surface area contributed by atoms with Gasteiger partial charge in [-0.15, -0.1) is 0 Å². The van der Waals surface area contributed by atoms with Crippen LogP contribution in [0, 0.1) is 17.8 Å². The minimum atomic E-state index is -0.108. The van der Waals surface area contributed by atoms with Crippen LogP contribution in [0.15, 0.2) is 18.2 Å². The van der Waals surface area contributed by atoms with Crippen molar-refractivity contribution in [3.63, 3.8) is 0 Å². The van der Waals surface area contributed by atoms with Gasteiger partial charge in [-0.1, -0.05) is 25.7 Å². The molecule has 1 heterocycles. The van der Waals surface area contributed by atoms with Crippen molar-refractivity contribution in [1.82, 2.24) is 4.90 Å². The molecule has 1 aromatic carbocycles. The van der Waals surface area contributed by atoms with E-state index < -0.39 is 0 Å². The maximum Gasteiger partial charge on any atom is 0.123 e. The molecule has 1 aromatic rings. The van der Waals surface area contributed by atoms with E-state index in [0.29, 0.717) is 12.0 Å². The Morgan fingerprint density at radius 2 is 2.24 bits per heavy atom. The number of nitrogens with zero attached hydrogens (tertiary/aromatic N) is 1. The van der Waals surface area contributed by atoms with Gasteiger partial charge in [-0.05, 0) is 43.5 Å². The summed E-state index contributed by atoms with van der Waals surface area (Å²) in [7, 11) is 1.71. The predicted octanol–water partition coefficient (Wildman–Crippen LogP) is 2.66. The molecule has 21 heavy (non-hydrogen) atoms. The van der Waals surface area contributed by atoms with E-state index in [-0.39, 0.29) is 6.61 Å². The molecule has 0 aromatic heterocycles. The molecule has 3 heteroatoms. The van der Waals surface area contributed by atoms with Crippen LogP contribution in [0.5, 0.6) is 5.75 Å². The third-order valence-corrected chi connectivity index (χ3v) is 4.15. The topological polar surface area (TPSA) is 32.7 Å². The lowest BCUT2D eigenvalue weighted by Crippen LogP contribution is -2.33. The molecule has 1 N–H and O–H groups in total. The first-order valence-corrected chi connectivity index (χ1v) is 7.66. The Kier molecular flexibility index (Phi) is 5.67. The zero-order valence-electron chi connectivity index (χ0n) is 13.2. The Bertz CT molecular complexity index is 528. The van der Waals surface area contributed by atoms with Crippen LogP contribution < -0.4 is 4.74 Å². The molecular formula is C18H25NO2. The van der Waals surface area contributed by atoms with Gasteiger partial charge in [0.05, 0.1) is 7.11 Å². The molecule has 114 valence electrons. The smallest absolute Gasteiger partial charge is 0.123 e. The fraction of sp³-hybridized carbons (Fsp3) is 0.556. The SMILES string of the molecule is COc1ccc(C#CCO)cc1CN1CCCC1C(C)C. The average molecular weight is 287 g/mol. The van der Waals surface area contributed by atoms with Crippen molar-refractivity contribution in [2.75, 3.05) is 20.3 Å². The van der Waals surface area contributed by atoms with Crippen molar-refractivity contribution in [3.8, 4) is 17.6 Å². The first-order chi connectivity index (χ1) is 10.2. The minimum Gasteiger partial charge on any atom is -0.496 e. The molecule has 3 nitrogen and oxygen atoms in total. The lowest BCUT2D eigenvalue weighted by molar-refractivity contribution is 0.196. The van der Waals surface area contributed by atoms with Crippen LogP contribution in [0.3, 0.4) is 0 Å². The van der Waals surface area contributed by atoms with Crippen LogP contribution in [0.4, 0.5) is 0 Å². The standard InChI is InChI=1S/C18H25NO2/c1-14(2)17-7-4-10-19(17)13-16-12-15(6-5-11-20)8-9-18(16)21-3/h8-9,12,14,17,20H,4,7,10-11,13H2,1-3H3. The van der Waals surface area contributed by atoms with Gasteiger partial charge < -0.3 is 9.84 Å². The number of aliphatic hydroxyl groups is 1. The van der Waals surface area contributed by atoms with Crippen molar-refractivity contribution in [1.29, 1.82) is 0 Å². The first kappa shape index (κ1) is 15.9. The zero-order valence-corrected chi connectivity index (χ0v) is 13.2. The van der Waals surface area contributed by atoms with Crippen LogP contribution in [0.25, 0.3) is 0 Å². The molecule has 0 amide bonds. The summed E-state index contributed by atoms with van der Waals surface area (Å²) in [4.78, 5) is 2.55. The molecule has 2 rings (SSSR count). The van der Waals surface area contributed by atoms with Crippen molar-refractivity contribution < 1.29 is 9.84 Å². The van der Waals surface area contributed by atoms with Gasteiger partial charge in [0.1, 0.15) is 12.4 Å². The summed E-state index contributed by atoms with van der Waals surface area (Å²) in [5.74, 6) is 7.26. The Morgan fingerprint density at radius 3 is 2.90 bits per heavy atom. The maximum atomic E-state index is 8.82. The third-order valence-electron chi connectivity index (χ3n) is 4.15. The van der Waals surface area contributed by atoms with E-state index in [1.54, 1.807) is 7.11 Å². The highest BCUT2D eigenvalue weighted by atomic mass is 16.5. The van der Waals surface area contributed by atoms with Gasteiger partial charge in [-0.25, -0.2) is 0 Å². The van der Waals surface area contributed by atoms with Crippen molar-refractivity contribution in [3.05, 3.63) is 29.3 Å². The second kappa shape index (κ2) is 7.49. The lowest BCUT2D eigenvalue weighted by Gasteiger charge is -2.28. The predicted molar refractivity (Wildman–Crippen MR) is 85.2 cm³/mol. The van der Waals surface area contributed by atoms with E-state index in [1.807, 2.05) is 12.1 Å². The van der Waals surface area contributed by atoms with Crippen molar-refractivity contribution >= 4 is 0 Å². The van der Waals surface area contributed by atoms with E-state index in [9.17, 15) is 0 Å².